The molecule has 1 aromatic heterocycles. The van der Waals surface area contributed by atoms with Crippen LogP contribution in [0.3, 0.4) is 0 Å². The number of fused-ring (bicyclic) bond motifs is 1. The lowest BCUT2D eigenvalue weighted by molar-refractivity contribution is -0.116. The molecule has 0 atom stereocenters. The van der Waals surface area contributed by atoms with Gasteiger partial charge in [-0.2, -0.15) is 0 Å². The summed E-state index contributed by atoms with van der Waals surface area (Å²) in [6.45, 7) is 5.91. The second-order valence-corrected chi connectivity index (χ2v) is 9.10. The number of nitrogens with one attached hydrogen (secondary N) is 1. The summed E-state index contributed by atoms with van der Waals surface area (Å²) < 4.78 is 14.5. The Morgan fingerprint density at radius 2 is 1.94 bits per heavy atom. The number of halogens is 1. The molecule has 2 aromatic carbocycles. The van der Waals surface area contributed by atoms with Crippen LogP contribution in [-0.4, -0.2) is 50.1 Å². The van der Waals surface area contributed by atoms with E-state index >= 15 is 0 Å². The number of benzene rings is 2. The van der Waals surface area contributed by atoms with Crippen LogP contribution in [0.2, 0.25) is 0 Å². The van der Waals surface area contributed by atoms with E-state index < -0.39 is 0 Å². The molecule has 0 radical (unpaired) electrons. The summed E-state index contributed by atoms with van der Waals surface area (Å²) in [6.07, 6.45) is 6.61. The van der Waals surface area contributed by atoms with Gasteiger partial charge in [0.1, 0.15) is 5.82 Å². The first-order chi connectivity index (χ1) is 15.7. The number of carbonyl (C=O) groups excluding carboxylic acids is 1. The maximum atomic E-state index is 13.5. The van der Waals surface area contributed by atoms with E-state index in [-0.39, 0.29) is 11.7 Å². The molecular formula is C26H30FN3OS. The second-order valence-electron chi connectivity index (χ2n) is 8.19. The lowest BCUT2D eigenvalue weighted by atomic mass is 10.2. The van der Waals surface area contributed by atoms with Crippen molar-refractivity contribution >= 4 is 39.1 Å². The van der Waals surface area contributed by atoms with Gasteiger partial charge in [-0.05, 0) is 62.2 Å². The van der Waals surface area contributed by atoms with Gasteiger partial charge in [-0.3, -0.25) is 4.79 Å². The van der Waals surface area contributed by atoms with Gasteiger partial charge in [-0.15, -0.1) is 11.3 Å². The highest BCUT2D eigenvalue weighted by Crippen LogP contribution is 2.34. The van der Waals surface area contributed by atoms with Crippen molar-refractivity contribution < 1.29 is 9.18 Å². The number of anilines is 1. The Bertz CT molecular complexity index is 1050. The molecular weight excluding hydrogens is 421 g/mol. The summed E-state index contributed by atoms with van der Waals surface area (Å²) in [7, 11) is 0. The molecule has 0 spiro atoms. The van der Waals surface area contributed by atoms with Crippen LogP contribution in [0.15, 0.2) is 60.0 Å². The first-order valence-corrected chi connectivity index (χ1v) is 12.2. The number of rotatable bonds is 8. The summed E-state index contributed by atoms with van der Waals surface area (Å²) in [5.41, 5.74) is 2.26. The Hall–Kier alpha value is -2.70. The van der Waals surface area contributed by atoms with Crippen LogP contribution in [0.5, 0.6) is 0 Å². The SMILES string of the molecule is O=C(/C=C\c1ccccc1)NCCCCN1CCCN(c2csc3cc(F)ccc23)CC1. The number of carbonyl (C=O) groups is 1. The monoisotopic (exact) mass is 451 g/mol. The van der Waals surface area contributed by atoms with Gasteiger partial charge in [0.2, 0.25) is 5.91 Å². The van der Waals surface area contributed by atoms with E-state index in [0.29, 0.717) is 6.54 Å². The van der Waals surface area contributed by atoms with E-state index in [1.54, 1.807) is 29.5 Å². The highest BCUT2D eigenvalue weighted by molar-refractivity contribution is 7.17. The molecule has 1 aliphatic heterocycles. The third kappa shape index (κ3) is 6.17. The van der Waals surface area contributed by atoms with Gasteiger partial charge in [-0.1, -0.05) is 30.3 Å². The van der Waals surface area contributed by atoms with Crippen LogP contribution in [0.25, 0.3) is 16.2 Å². The number of hydrogen-bond acceptors (Lipinski definition) is 4. The van der Waals surface area contributed by atoms with E-state index in [2.05, 4.69) is 20.5 Å². The average molecular weight is 452 g/mol. The highest BCUT2D eigenvalue weighted by Gasteiger charge is 2.17. The van der Waals surface area contributed by atoms with Crippen LogP contribution in [0, 0.1) is 5.82 Å². The van der Waals surface area contributed by atoms with Gasteiger partial charge in [0.25, 0.3) is 0 Å². The van der Waals surface area contributed by atoms with Crippen LogP contribution in [-0.2, 0) is 4.79 Å². The van der Waals surface area contributed by atoms with Gasteiger partial charge >= 0.3 is 0 Å². The molecule has 0 unspecified atom stereocenters. The van der Waals surface area contributed by atoms with Gasteiger partial charge in [0, 0.05) is 47.7 Å². The molecule has 1 saturated heterocycles. The lowest BCUT2D eigenvalue weighted by Crippen LogP contribution is -2.31. The van der Waals surface area contributed by atoms with Gasteiger partial charge in [-0.25, -0.2) is 4.39 Å². The average Bonchev–Trinajstić information content (AvgIpc) is 3.08. The van der Waals surface area contributed by atoms with E-state index in [4.69, 9.17) is 0 Å². The van der Waals surface area contributed by atoms with Crippen molar-refractivity contribution in [3.05, 3.63) is 71.4 Å². The number of hydrogen-bond donors (Lipinski definition) is 1. The van der Waals surface area contributed by atoms with Crippen LogP contribution in [0.1, 0.15) is 24.8 Å². The second kappa shape index (κ2) is 11.2. The van der Waals surface area contributed by atoms with Gasteiger partial charge in [0.15, 0.2) is 0 Å². The fourth-order valence-electron chi connectivity index (χ4n) is 4.14. The Balaban J connectivity index is 1.16. The Morgan fingerprint density at radius 3 is 2.81 bits per heavy atom. The molecule has 1 aliphatic rings. The Kier molecular flexibility index (Phi) is 7.91. The minimum Gasteiger partial charge on any atom is -0.369 e. The van der Waals surface area contributed by atoms with Gasteiger partial charge < -0.3 is 15.1 Å². The zero-order valence-electron chi connectivity index (χ0n) is 18.3. The summed E-state index contributed by atoms with van der Waals surface area (Å²) >= 11 is 1.62. The van der Waals surface area contributed by atoms with Crippen LogP contribution in [0.4, 0.5) is 10.1 Å². The molecule has 0 bridgehead atoms. The van der Waals surface area contributed by atoms with Crippen molar-refractivity contribution in [2.45, 2.75) is 19.3 Å². The molecule has 3 aromatic rings. The third-order valence-electron chi connectivity index (χ3n) is 5.87. The largest absolute Gasteiger partial charge is 0.369 e. The molecule has 168 valence electrons. The fraction of sp³-hybridized carbons (Fsp3) is 0.346. The highest BCUT2D eigenvalue weighted by atomic mass is 32.1. The van der Waals surface area contributed by atoms with E-state index in [1.807, 2.05) is 42.5 Å². The van der Waals surface area contributed by atoms with Gasteiger partial charge in [0.05, 0.1) is 5.69 Å². The summed E-state index contributed by atoms with van der Waals surface area (Å²) in [5.74, 6) is -0.210. The summed E-state index contributed by atoms with van der Waals surface area (Å²) in [5, 5.41) is 6.29. The van der Waals surface area contributed by atoms with Crippen molar-refractivity contribution in [1.82, 2.24) is 10.2 Å². The summed E-state index contributed by atoms with van der Waals surface area (Å²) in [6, 6.07) is 14.9. The molecule has 1 fully saturated rings. The predicted molar refractivity (Wildman–Crippen MR) is 133 cm³/mol. The molecule has 2 heterocycles. The zero-order chi connectivity index (χ0) is 22.2. The van der Waals surface area contributed by atoms with Crippen molar-refractivity contribution in [2.75, 3.05) is 44.2 Å². The Labute approximate surface area is 193 Å². The third-order valence-corrected chi connectivity index (χ3v) is 6.81. The minimum absolute atomic E-state index is 0.0397. The molecule has 1 amide bonds. The standard InChI is InChI=1S/C26H30FN3OS/c27-22-10-11-23-24(20-32-25(23)19-22)30-16-6-15-29(17-18-30)14-5-4-13-28-26(31)12-9-21-7-2-1-3-8-21/h1-3,7-12,19-20H,4-6,13-18H2,(H,28,31)/b12-9-. The predicted octanol–water partition coefficient (Wildman–Crippen LogP) is 5.16. The number of unbranched alkanes of at least 4 members (excludes halogenated alkanes) is 1. The molecule has 0 saturated carbocycles. The van der Waals surface area contributed by atoms with E-state index in [0.717, 1.165) is 67.6 Å². The zero-order valence-corrected chi connectivity index (χ0v) is 19.1. The smallest absolute Gasteiger partial charge is 0.243 e. The number of thiophene rings is 1. The molecule has 4 nitrogen and oxygen atoms in total. The van der Waals surface area contributed by atoms with Crippen molar-refractivity contribution in [3.63, 3.8) is 0 Å². The van der Waals surface area contributed by atoms with Crippen molar-refractivity contribution in [3.8, 4) is 0 Å². The molecule has 0 aliphatic carbocycles. The number of amides is 1. The minimum atomic E-state index is -0.170. The first-order valence-electron chi connectivity index (χ1n) is 11.3. The van der Waals surface area contributed by atoms with Crippen molar-refractivity contribution in [2.24, 2.45) is 0 Å². The molecule has 6 heteroatoms. The van der Waals surface area contributed by atoms with E-state index in [9.17, 15) is 9.18 Å². The lowest BCUT2D eigenvalue weighted by Gasteiger charge is -2.23. The molecule has 4 rings (SSSR count). The van der Waals surface area contributed by atoms with E-state index in [1.165, 1.54) is 5.69 Å². The molecule has 1 N–H and O–H groups in total. The maximum Gasteiger partial charge on any atom is 0.243 e. The summed E-state index contributed by atoms with van der Waals surface area (Å²) in [4.78, 5) is 16.9. The topological polar surface area (TPSA) is 35.6 Å². The van der Waals surface area contributed by atoms with Crippen LogP contribution < -0.4 is 10.2 Å². The quantitative estimate of drug-likeness (QED) is 0.379. The van der Waals surface area contributed by atoms with Crippen LogP contribution >= 0.6 is 11.3 Å². The number of nitrogens with zero attached hydrogens (tertiary/aromatic N) is 2. The maximum absolute atomic E-state index is 13.5. The normalized spacial score (nSPS) is 15.3. The first kappa shape index (κ1) is 22.5. The van der Waals surface area contributed by atoms with Crippen molar-refractivity contribution in [1.29, 1.82) is 0 Å². The Morgan fingerprint density at radius 1 is 1.06 bits per heavy atom. The fourth-order valence-corrected chi connectivity index (χ4v) is 5.13. The molecule has 32 heavy (non-hydrogen) atoms.